The van der Waals surface area contributed by atoms with Crippen LogP contribution in [0.15, 0.2) is 4.99 Å². The second-order valence-corrected chi connectivity index (χ2v) is 9.41. The van der Waals surface area contributed by atoms with E-state index in [1.807, 2.05) is 18.8 Å². The molecule has 1 N–H and O–H groups in total. The minimum Gasteiger partial charge on any atom is -0.374 e. The van der Waals surface area contributed by atoms with E-state index < -0.39 is 0 Å². The Morgan fingerprint density at radius 2 is 2.17 bits per heavy atom. The average molecular weight is 343 g/mol. The van der Waals surface area contributed by atoms with Crippen LogP contribution in [0.2, 0.25) is 0 Å². The van der Waals surface area contributed by atoms with Crippen LogP contribution >= 0.6 is 11.8 Å². The summed E-state index contributed by atoms with van der Waals surface area (Å²) in [4.78, 5) is 9.38. The lowest BCUT2D eigenvalue weighted by molar-refractivity contribution is -0.0286. The molecule has 2 saturated heterocycles. The van der Waals surface area contributed by atoms with Crippen LogP contribution in [0.5, 0.6) is 0 Å². The molecule has 0 spiro atoms. The van der Waals surface area contributed by atoms with Crippen LogP contribution in [-0.4, -0.2) is 85.3 Å². The molecular formula is C17H34N4OS. The van der Waals surface area contributed by atoms with Gasteiger partial charge in [0.05, 0.1) is 12.7 Å². The van der Waals surface area contributed by atoms with Gasteiger partial charge in [-0.1, -0.05) is 13.8 Å². The van der Waals surface area contributed by atoms with Crippen molar-refractivity contribution in [1.29, 1.82) is 0 Å². The van der Waals surface area contributed by atoms with E-state index in [4.69, 9.17) is 4.74 Å². The zero-order chi connectivity index (χ0) is 16.9. The molecule has 0 radical (unpaired) electrons. The lowest BCUT2D eigenvalue weighted by Crippen LogP contribution is -2.54. The predicted molar refractivity (Wildman–Crippen MR) is 100 cm³/mol. The SMILES string of the molecule is CN=C(NCC1CN(CC(C)C)CCO1)N1CCSC(C)(C)C1. The molecule has 2 fully saturated rings. The molecule has 134 valence electrons. The van der Waals surface area contributed by atoms with Crippen molar-refractivity contribution in [2.75, 3.05) is 58.7 Å². The number of rotatable bonds is 4. The number of hydrogen-bond acceptors (Lipinski definition) is 4. The van der Waals surface area contributed by atoms with Crippen LogP contribution in [-0.2, 0) is 4.74 Å². The zero-order valence-corrected chi connectivity index (χ0v) is 16.3. The van der Waals surface area contributed by atoms with Crippen LogP contribution in [0.3, 0.4) is 0 Å². The zero-order valence-electron chi connectivity index (χ0n) is 15.5. The average Bonchev–Trinajstić information content (AvgIpc) is 2.46. The van der Waals surface area contributed by atoms with E-state index in [0.29, 0.717) is 10.7 Å². The van der Waals surface area contributed by atoms with Gasteiger partial charge in [-0.05, 0) is 19.8 Å². The van der Waals surface area contributed by atoms with Gasteiger partial charge in [0.15, 0.2) is 5.96 Å². The summed E-state index contributed by atoms with van der Waals surface area (Å²) >= 11 is 2.05. The van der Waals surface area contributed by atoms with Gasteiger partial charge in [0, 0.05) is 56.8 Å². The molecule has 0 amide bonds. The minimum absolute atomic E-state index is 0.256. The highest BCUT2D eigenvalue weighted by atomic mass is 32.2. The maximum atomic E-state index is 5.93. The van der Waals surface area contributed by atoms with E-state index in [0.717, 1.165) is 57.6 Å². The van der Waals surface area contributed by atoms with Crippen molar-refractivity contribution in [3.05, 3.63) is 0 Å². The van der Waals surface area contributed by atoms with Gasteiger partial charge in [0.2, 0.25) is 0 Å². The van der Waals surface area contributed by atoms with Gasteiger partial charge in [0.1, 0.15) is 0 Å². The lowest BCUT2D eigenvalue weighted by Gasteiger charge is -2.40. The van der Waals surface area contributed by atoms with Crippen LogP contribution in [0.1, 0.15) is 27.7 Å². The molecule has 2 aliphatic rings. The van der Waals surface area contributed by atoms with Crippen molar-refractivity contribution >= 4 is 17.7 Å². The molecule has 0 aliphatic carbocycles. The second-order valence-electron chi connectivity index (χ2n) is 7.60. The molecule has 0 aromatic rings. The summed E-state index contributed by atoms with van der Waals surface area (Å²) in [5, 5.41) is 3.54. The molecule has 0 bridgehead atoms. The number of aliphatic imine (C=N–C) groups is 1. The Kier molecular flexibility index (Phi) is 7.04. The molecule has 0 aromatic heterocycles. The number of guanidine groups is 1. The third-order valence-electron chi connectivity index (χ3n) is 4.27. The molecule has 1 unspecified atom stereocenters. The first-order chi connectivity index (χ1) is 10.9. The fourth-order valence-electron chi connectivity index (χ4n) is 3.32. The first kappa shape index (κ1) is 18.9. The summed E-state index contributed by atoms with van der Waals surface area (Å²) in [7, 11) is 1.88. The van der Waals surface area contributed by atoms with Crippen molar-refractivity contribution in [2.45, 2.75) is 38.5 Å². The van der Waals surface area contributed by atoms with Gasteiger partial charge in [-0.2, -0.15) is 11.8 Å². The van der Waals surface area contributed by atoms with E-state index in [1.165, 1.54) is 0 Å². The third kappa shape index (κ3) is 6.16. The first-order valence-corrected chi connectivity index (χ1v) is 9.81. The molecule has 2 rings (SSSR count). The molecule has 0 saturated carbocycles. The van der Waals surface area contributed by atoms with Crippen LogP contribution in [0.25, 0.3) is 0 Å². The molecule has 6 heteroatoms. The third-order valence-corrected chi connectivity index (χ3v) is 5.57. The first-order valence-electron chi connectivity index (χ1n) is 8.83. The number of thioether (sulfide) groups is 1. The predicted octanol–water partition coefficient (Wildman–Crippen LogP) is 1.75. The summed E-state index contributed by atoms with van der Waals surface area (Å²) in [5.41, 5.74) is 0. The monoisotopic (exact) mass is 342 g/mol. The standard InChI is InChI=1S/C17H34N4OS/c1-14(2)11-20-6-8-22-15(12-20)10-19-16(18-5)21-7-9-23-17(3,4)13-21/h14-15H,6-13H2,1-5H3,(H,18,19). The number of nitrogens with zero attached hydrogens (tertiary/aromatic N) is 3. The van der Waals surface area contributed by atoms with Crippen LogP contribution < -0.4 is 5.32 Å². The number of ether oxygens (including phenoxy) is 1. The Labute approximate surface area is 146 Å². The summed E-state index contributed by atoms with van der Waals surface area (Å²) in [6.45, 7) is 16.2. The fraction of sp³-hybridized carbons (Fsp3) is 0.941. The number of hydrogen-bond donors (Lipinski definition) is 1. The van der Waals surface area contributed by atoms with E-state index in [2.05, 4.69) is 47.8 Å². The van der Waals surface area contributed by atoms with Crippen molar-refractivity contribution in [3.63, 3.8) is 0 Å². The summed E-state index contributed by atoms with van der Waals surface area (Å²) < 4.78 is 6.23. The summed E-state index contributed by atoms with van der Waals surface area (Å²) in [6.07, 6.45) is 0.256. The Bertz CT molecular complexity index is 400. The van der Waals surface area contributed by atoms with Crippen molar-refractivity contribution < 1.29 is 4.74 Å². The molecule has 23 heavy (non-hydrogen) atoms. The highest BCUT2D eigenvalue weighted by Gasteiger charge is 2.29. The van der Waals surface area contributed by atoms with Gasteiger partial charge in [0.25, 0.3) is 0 Å². The lowest BCUT2D eigenvalue weighted by atomic mass is 10.2. The van der Waals surface area contributed by atoms with Crippen molar-refractivity contribution in [1.82, 2.24) is 15.1 Å². The topological polar surface area (TPSA) is 40.1 Å². The Hall–Kier alpha value is -0.460. The Morgan fingerprint density at radius 3 is 2.83 bits per heavy atom. The van der Waals surface area contributed by atoms with Crippen molar-refractivity contribution in [2.24, 2.45) is 10.9 Å². The minimum atomic E-state index is 0.256. The molecule has 5 nitrogen and oxygen atoms in total. The smallest absolute Gasteiger partial charge is 0.193 e. The highest BCUT2D eigenvalue weighted by Crippen LogP contribution is 2.29. The Morgan fingerprint density at radius 1 is 1.39 bits per heavy atom. The number of morpholine rings is 1. The molecule has 2 heterocycles. The molecule has 1 atom stereocenters. The van der Waals surface area contributed by atoms with E-state index in [9.17, 15) is 0 Å². The van der Waals surface area contributed by atoms with Crippen molar-refractivity contribution in [3.8, 4) is 0 Å². The second kappa shape index (κ2) is 8.58. The maximum Gasteiger partial charge on any atom is 0.193 e. The van der Waals surface area contributed by atoms with Gasteiger partial charge < -0.3 is 15.0 Å². The normalized spacial score (nSPS) is 26.6. The maximum absolute atomic E-state index is 5.93. The van der Waals surface area contributed by atoms with Gasteiger partial charge in [-0.3, -0.25) is 9.89 Å². The summed E-state index contributed by atoms with van der Waals surface area (Å²) in [5.74, 6) is 2.89. The number of nitrogens with one attached hydrogen (secondary N) is 1. The van der Waals surface area contributed by atoms with Crippen LogP contribution in [0.4, 0.5) is 0 Å². The van der Waals surface area contributed by atoms with Gasteiger partial charge >= 0.3 is 0 Å². The van der Waals surface area contributed by atoms with E-state index in [-0.39, 0.29) is 6.10 Å². The molecule has 0 aromatic carbocycles. The Balaban J connectivity index is 1.81. The quantitative estimate of drug-likeness (QED) is 0.622. The summed E-state index contributed by atoms with van der Waals surface area (Å²) in [6, 6.07) is 0. The van der Waals surface area contributed by atoms with E-state index >= 15 is 0 Å². The van der Waals surface area contributed by atoms with E-state index in [1.54, 1.807) is 0 Å². The molecule has 2 aliphatic heterocycles. The van der Waals surface area contributed by atoms with Crippen LogP contribution in [0, 0.1) is 5.92 Å². The van der Waals surface area contributed by atoms with Gasteiger partial charge in [-0.15, -0.1) is 0 Å². The fourth-order valence-corrected chi connectivity index (χ4v) is 4.43. The molecular weight excluding hydrogens is 308 g/mol. The largest absolute Gasteiger partial charge is 0.374 e. The van der Waals surface area contributed by atoms with Gasteiger partial charge in [-0.25, -0.2) is 0 Å². The highest BCUT2D eigenvalue weighted by molar-refractivity contribution is 8.00.